The molecule has 3 nitrogen and oxygen atoms in total. The first-order valence-electron chi connectivity index (χ1n) is 3.62. The van der Waals surface area contributed by atoms with Crippen LogP contribution in [0.25, 0.3) is 0 Å². The second-order valence-electron chi connectivity index (χ2n) is 2.21. The molecule has 0 amide bonds. The van der Waals surface area contributed by atoms with Gasteiger partial charge in [0, 0.05) is 5.56 Å². The number of aliphatic hydroxyl groups excluding tert-OH is 1. The van der Waals surface area contributed by atoms with Gasteiger partial charge in [-0.15, -0.1) is 0 Å². The highest BCUT2D eigenvalue weighted by Crippen LogP contribution is 2.16. The van der Waals surface area contributed by atoms with Crippen molar-refractivity contribution in [3.8, 4) is 0 Å². The molecule has 0 aliphatic carbocycles. The predicted molar refractivity (Wildman–Crippen MR) is 45.9 cm³/mol. The van der Waals surface area contributed by atoms with Gasteiger partial charge < -0.3 is 9.84 Å². The van der Waals surface area contributed by atoms with Gasteiger partial charge in [0.15, 0.2) is 6.10 Å². The van der Waals surface area contributed by atoms with Crippen molar-refractivity contribution >= 4 is 17.3 Å². The average molecular weight is 186 g/mol. The maximum atomic E-state index is 11.0. The molecule has 1 aromatic heterocycles. The van der Waals surface area contributed by atoms with Crippen molar-refractivity contribution in [2.75, 3.05) is 6.61 Å². The molecule has 4 heteroatoms. The summed E-state index contributed by atoms with van der Waals surface area (Å²) in [7, 11) is 0. The molecule has 1 atom stereocenters. The van der Waals surface area contributed by atoms with Gasteiger partial charge in [-0.05, 0) is 23.8 Å². The van der Waals surface area contributed by atoms with Crippen molar-refractivity contribution in [1.29, 1.82) is 0 Å². The molecule has 0 spiro atoms. The van der Waals surface area contributed by atoms with Crippen molar-refractivity contribution in [2.45, 2.75) is 13.0 Å². The van der Waals surface area contributed by atoms with Gasteiger partial charge in [0.1, 0.15) is 0 Å². The maximum absolute atomic E-state index is 11.0. The lowest BCUT2D eigenvalue weighted by atomic mass is 10.2. The Bertz CT molecular complexity index is 243. The molecule has 0 unspecified atom stereocenters. The summed E-state index contributed by atoms with van der Waals surface area (Å²) in [6.07, 6.45) is -1.13. The smallest absolute Gasteiger partial charge is 0.339 e. The summed E-state index contributed by atoms with van der Waals surface area (Å²) in [5.41, 5.74) is 0.596. The van der Waals surface area contributed by atoms with Crippen LogP contribution in [0.15, 0.2) is 16.8 Å². The van der Waals surface area contributed by atoms with Crippen LogP contribution in [0.5, 0.6) is 0 Å². The third-order valence-electron chi connectivity index (χ3n) is 1.37. The summed E-state index contributed by atoms with van der Waals surface area (Å²) >= 11 is 1.44. The molecule has 1 aromatic rings. The summed E-state index contributed by atoms with van der Waals surface area (Å²) < 4.78 is 4.64. The van der Waals surface area contributed by atoms with Gasteiger partial charge in [-0.3, -0.25) is 0 Å². The SMILES string of the molecule is CCOC(=O)[C@@H](O)c1ccsc1. The lowest BCUT2D eigenvalue weighted by Crippen LogP contribution is -2.14. The zero-order valence-electron chi connectivity index (χ0n) is 6.69. The molecule has 0 aliphatic rings. The first-order valence-corrected chi connectivity index (χ1v) is 4.56. The third kappa shape index (κ3) is 2.06. The fourth-order valence-corrected chi connectivity index (χ4v) is 1.47. The van der Waals surface area contributed by atoms with Crippen molar-refractivity contribution < 1.29 is 14.6 Å². The Morgan fingerprint density at radius 1 is 1.83 bits per heavy atom. The summed E-state index contributed by atoms with van der Waals surface area (Å²) in [6, 6.07) is 1.70. The Kier molecular flexibility index (Phi) is 3.25. The number of carbonyl (C=O) groups excluding carboxylic acids is 1. The Hall–Kier alpha value is -0.870. The summed E-state index contributed by atoms with van der Waals surface area (Å²) in [6.45, 7) is 2.00. The molecule has 1 heterocycles. The lowest BCUT2D eigenvalue weighted by Gasteiger charge is -2.06. The molecule has 12 heavy (non-hydrogen) atoms. The van der Waals surface area contributed by atoms with Gasteiger partial charge >= 0.3 is 5.97 Å². The Labute approximate surface area is 74.6 Å². The van der Waals surface area contributed by atoms with Crippen LogP contribution in [0.1, 0.15) is 18.6 Å². The second kappa shape index (κ2) is 4.23. The van der Waals surface area contributed by atoms with E-state index < -0.39 is 12.1 Å². The summed E-state index contributed by atoms with van der Waals surface area (Å²) in [5.74, 6) is -0.587. The highest BCUT2D eigenvalue weighted by Gasteiger charge is 2.18. The zero-order chi connectivity index (χ0) is 8.97. The van der Waals surface area contributed by atoms with Crippen molar-refractivity contribution in [1.82, 2.24) is 0 Å². The number of carbonyl (C=O) groups is 1. The molecule has 0 aromatic carbocycles. The van der Waals surface area contributed by atoms with E-state index in [1.165, 1.54) is 11.3 Å². The largest absolute Gasteiger partial charge is 0.464 e. The number of hydrogen-bond acceptors (Lipinski definition) is 4. The first-order chi connectivity index (χ1) is 5.75. The number of esters is 1. The summed E-state index contributed by atoms with van der Waals surface area (Å²) in [4.78, 5) is 11.0. The number of aliphatic hydroxyl groups is 1. The topological polar surface area (TPSA) is 46.5 Å². The van der Waals surface area contributed by atoms with Crippen LogP contribution >= 0.6 is 11.3 Å². The monoisotopic (exact) mass is 186 g/mol. The Balaban J connectivity index is 2.59. The molecule has 0 saturated carbocycles. The molecule has 1 rings (SSSR count). The molecule has 1 N–H and O–H groups in total. The van der Waals surface area contributed by atoms with Crippen molar-refractivity contribution in [3.63, 3.8) is 0 Å². The van der Waals surface area contributed by atoms with E-state index in [-0.39, 0.29) is 0 Å². The van der Waals surface area contributed by atoms with E-state index in [2.05, 4.69) is 4.74 Å². The maximum Gasteiger partial charge on any atom is 0.339 e. The molecular formula is C8H10O3S. The van der Waals surface area contributed by atoms with Crippen LogP contribution < -0.4 is 0 Å². The third-order valence-corrected chi connectivity index (χ3v) is 2.07. The highest BCUT2D eigenvalue weighted by molar-refractivity contribution is 7.08. The summed E-state index contributed by atoms with van der Waals surface area (Å²) in [5, 5.41) is 12.9. The molecule has 0 aliphatic heterocycles. The van der Waals surface area contributed by atoms with Crippen LogP contribution in [0, 0.1) is 0 Å². The van der Waals surface area contributed by atoms with Gasteiger partial charge in [-0.25, -0.2) is 4.79 Å². The molecule has 0 saturated heterocycles. The van der Waals surface area contributed by atoms with Crippen molar-refractivity contribution in [3.05, 3.63) is 22.4 Å². The van der Waals surface area contributed by atoms with E-state index in [0.717, 1.165) is 0 Å². The first kappa shape index (κ1) is 9.22. The van der Waals surface area contributed by atoms with Crippen LogP contribution in [-0.2, 0) is 9.53 Å². The van der Waals surface area contributed by atoms with Crippen LogP contribution in [0.3, 0.4) is 0 Å². The van der Waals surface area contributed by atoms with E-state index >= 15 is 0 Å². The predicted octanol–water partition coefficient (Wildman–Crippen LogP) is 1.34. The average Bonchev–Trinajstić information content (AvgIpc) is 2.55. The number of rotatable bonds is 3. The zero-order valence-corrected chi connectivity index (χ0v) is 7.50. The van der Waals surface area contributed by atoms with Crippen LogP contribution in [0.4, 0.5) is 0 Å². The van der Waals surface area contributed by atoms with Crippen LogP contribution in [-0.4, -0.2) is 17.7 Å². The molecule has 0 fully saturated rings. The van der Waals surface area contributed by atoms with Gasteiger partial charge in [0.2, 0.25) is 0 Å². The van der Waals surface area contributed by atoms with Gasteiger partial charge in [-0.1, -0.05) is 0 Å². The van der Waals surface area contributed by atoms with Crippen molar-refractivity contribution in [2.24, 2.45) is 0 Å². The van der Waals surface area contributed by atoms with Crippen LogP contribution in [0.2, 0.25) is 0 Å². The van der Waals surface area contributed by atoms with Gasteiger partial charge in [0.05, 0.1) is 6.61 Å². The van der Waals surface area contributed by atoms with Gasteiger partial charge in [-0.2, -0.15) is 11.3 Å². The van der Waals surface area contributed by atoms with E-state index in [4.69, 9.17) is 0 Å². The number of thiophene rings is 1. The standard InChI is InChI=1S/C8H10O3S/c1-2-11-8(10)7(9)6-3-4-12-5-6/h3-5,7,9H,2H2,1H3/t7-/m0/s1. The Morgan fingerprint density at radius 2 is 2.58 bits per heavy atom. The fraction of sp³-hybridized carbons (Fsp3) is 0.375. The van der Waals surface area contributed by atoms with Gasteiger partial charge in [0.25, 0.3) is 0 Å². The minimum atomic E-state index is -1.13. The van der Waals surface area contributed by atoms with E-state index in [1.54, 1.807) is 23.8 Å². The Morgan fingerprint density at radius 3 is 3.08 bits per heavy atom. The van der Waals surface area contributed by atoms with E-state index in [0.29, 0.717) is 12.2 Å². The molecule has 0 bridgehead atoms. The lowest BCUT2D eigenvalue weighted by molar-refractivity contribution is -0.153. The minimum absolute atomic E-state index is 0.292. The molecular weight excluding hydrogens is 176 g/mol. The second-order valence-corrected chi connectivity index (χ2v) is 2.99. The quantitative estimate of drug-likeness (QED) is 0.725. The number of ether oxygens (including phenoxy) is 1. The minimum Gasteiger partial charge on any atom is -0.464 e. The normalized spacial score (nSPS) is 12.5. The molecule has 0 radical (unpaired) electrons. The highest BCUT2D eigenvalue weighted by atomic mass is 32.1. The number of hydrogen-bond donors (Lipinski definition) is 1. The van der Waals surface area contributed by atoms with E-state index in [1.807, 2.05) is 0 Å². The fourth-order valence-electron chi connectivity index (χ4n) is 0.788. The molecule has 66 valence electrons. The van der Waals surface area contributed by atoms with E-state index in [9.17, 15) is 9.90 Å².